The molecule has 1 saturated heterocycles. The van der Waals surface area contributed by atoms with E-state index in [-0.39, 0.29) is 5.97 Å². The number of rotatable bonds is 8. The van der Waals surface area contributed by atoms with Gasteiger partial charge in [0.25, 0.3) is 0 Å². The first-order valence-electron chi connectivity index (χ1n) is 8.85. The standard InChI is InChI=1S/C19H28BrNO3/c1-3-23-19(22)14-21-10-8-16(9-11-21)5-4-12-24-17-6-7-18(20)15(2)13-17/h6-7,13,16H,3-5,8-12,14H2,1-2H3. The molecular weight excluding hydrogens is 370 g/mol. The van der Waals surface area contributed by atoms with Gasteiger partial charge < -0.3 is 9.47 Å². The van der Waals surface area contributed by atoms with Gasteiger partial charge in [0.15, 0.2) is 0 Å². The molecule has 0 unspecified atom stereocenters. The maximum absolute atomic E-state index is 11.5. The van der Waals surface area contributed by atoms with Crippen LogP contribution in [0.4, 0.5) is 0 Å². The largest absolute Gasteiger partial charge is 0.494 e. The summed E-state index contributed by atoms with van der Waals surface area (Å²) in [5.41, 5.74) is 1.20. The molecule has 5 heteroatoms. The van der Waals surface area contributed by atoms with Crippen LogP contribution < -0.4 is 4.74 Å². The Balaban J connectivity index is 1.59. The highest BCUT2D eigenvalue weighted by atomic mass is 79.9. The third kappa shape index (κ3) is 6.44. The summed E-state index contributed by atoms with van der Waals surface area (Å²) in [4.78, 5) is 13.7. The van der Waals surface area contributed by atoms with Crippen molar-refractivity contribution in [3.05, 3.63) is 28.2 Å². The molecular formula is C19H28BrNO3. The quantitative estimate of drug-likeness (QED) is 0.486. The average Bonchev–Trinajstić information content (AvgIpc) is 2.56. The first-order chi connectivity index (χ1) is 11.6. The smallest absolute Gasteiger partial charge is 0.320 e. The lowest BCUT2D eigenvalue weighted by molar-refractivity contribution is -0.144. The van der Waals surface area contributed by atoms with Crippen molar-refractivity contribution in [3.63, 3.8) is 0 Å². The molecule has 0 atom stereocenters. The van der Waals surface area contributed by atoms with Crippen molar-refractivity contribution in [3.8, 4) is 5.75 Å². The van der Waals surface area contributed by atoms with Gasteiger partial charge in [-0.25, -0.2) is 0 Å². The van der Waals surface area contributed by atoms with Gasteiger partial charge >= 0.3 is 5.97 Å². The predicted octanol–water partition coefficient (Wildman–Crippen LogP) is 4.19. The molecule has 1 heterocycles. The third-order valence-corrected chi connectivity index (χ3v) is 5.41. The number of esters is 1. The van der Waals surface area contributed by atoms with Gasteiger partial charge in [-0.05, 0) is 82.3 Å². The van der Waals surface area contributed by atoms with Crippen LogP contribution in [0.25, 0.3) is 0 Å². The van der Waals surface area contributed by atoms with E-state index in [4.69, 9.17) is 9.47 Å². The lowest BCUT2D eigenvalue weighted by Gasteiger charge is -2.31. The van der Waals surface area contributed by atoms with E-state index in [9.17, 15) is 4.79 Å². The summed E-state index contributed by atoms with van der Waals surface area (Å²) >= 11 is 3.50. The van der Waals surface area contributed by atoms with E-state index in [1.165, 1.54) is 12.0 Å². The molecule has 4 nitrogen and oxygen atoms in total. The molecule has 1 aliphatic heterocycles. The highest BCUT2D eigenvalue weighted by Crippen LogP contribution is 2.24. The summed E-state index contributed by atoms with van der Waals surface area (Å²) in [5.74, 6) is 1.59. The molecule has 1 aliphatic rings. The van der Waals surface area contributed by atoms with E-state index in [1.807, 2.05) is 19.1 Å². The van der Waals surface area contributed by atoms with E-state index in [2.05, 4.69) is 33.8 Å². The number of nitrogens with zero attached hydrogens (tertiary/aromatic N) is 1. The second-order valence-corrected chi connectivity index (χ2v) is 7.28. The Labute approximate surface area is 153 Å². The second kappa shape index (κ2) is 10.0. The topological polar surface area (TPSA) is 38.8 Å². The third-order valence-electron chi connectivity index (χ3n) is 4.52. The fourth-order valence-electron chi connectivity index (χ4n) is 3.09. The Hall–Kier alpha value is -1.07. The Kier molecular flexibility index (Phi) is 8.06. The maximum Gasteiger partial charge on any atom is 0.320 e. The second-order valence-electron chi connectivity index (χ2n) is 6.43. The number of benzene rings is 1. The lowest BCUT2D eigenvalue weighted by Crippen LogP contribution is -2.38. The van der Waals surface area contributed by atoms with Crippen LogP contribution >= 0.6 is 15.9 Å². The zero-order valence-corrected chi connectivity index (χ0v) is 16.3. The monoisotopic (exact) mass is 397 g/mol. The zero-order valence-electron chi connectivity index (χ0n) is 14.7. The van der Waals surface area contributed by atoms with Crippen LogP contribution in [0.15, 0.2) is 22.7 Å². The van der Waals surface area contributed by atoms with Crippen LogP contribution in [0.1, 0.15) is 38.2 Å². The summed E-state index contributed by atoms with van der Waals surface area (Å²) in [6.45, 7) is 7.58. The summed E-state index contributed by atoms with van der Waals surface area (Å²) in [7, 11) is 0. The van der Waals surface area contributed by atoms with Crippen molar-refractivity contribution < 1.29 is 14.3 Å². The van der Waals surface area contributed by atoms with Crippen molar-refractivity contribution in [1.82, 2.24) is 4.90 Å². The lowest BCUT2D eigenvalue weighted by atomic mass is 9.92. The maximum atomic E-state index is 11.5. The summed E-state index contributed by atoms with van der Waals surface area (Å²) in [6, 6.07) is 6.10. The van der Waals surface area contributed by atoms with E-state index in [0.29, 0.717) is 13.2 Å². The Morgan fingerprint density at radius 3 is 2.75 bits per heavy atom. The summed E-state index contributed by atoms with van der Waals surface area (Å²) < 4.78 is 12.0. The van der Waals surface area contributed by atoms with Crippen LogP contribution in [0.5, 0.6) is 5.75 Å². The minimum absolute atomic E-state index is 0.103. The van der Waals surface area contributed by atoms with Gasteiger partial charge in [-0.15, -0.1) is 0 Å². The predicted molar refractivity (Wildman–Crippen MR) is 99.4 cm³/mol. The number of likely N-dealkylation sites (tertiary alicyclic amines) is 1. The molecule has 0 aliphatic carbocycles. The van der Waals surface area contributed by atoms with Crippen LogP contribution in [-0.4, -0.2) is 43.7 Å². The normalized spacial score (nSPS) is 16.1. The molecule has 0 saturated carbocycles. The van der Waals surface area contributed by atoms with E-state index >= 15 is 0 Å². The number of piperidine rings is 1. The molecule has 0 amide bonds. The Morgan fingerprint density at radius 2 is 2.08 bits per heavy atom. The van der Waals surface area contributed by atoms with Gasteiger partial charge in [0.05, 0.1) is 19.8 Å². The molecule has 0 N–H and O–H groups in total. The van der Waals surface area contributed by atoms with E-state index in [1.54, 1.807) is 0 Å². The van der Waals surface area contributed by atoms with Crippen LogP contribution in [-0.2, 0) is 9.53 Å². The van der Waals surface area contributed by atoms with Crippen molar-refractivity contribution in [2.24, 2.45) is 5.92 Å². The first kappa shape index (κ1) is 19.3. The molecule has 1 fully saturated rings. The van der Waals surface area contributed by atoms with Gasteiger partial charge in [-0.2, -0.15) is 0 Å². The number of hydrogen-bond donors (Lipinski definition) is 0. The Morgan fingerprint density at radius 1 is 1.33 bits per heavy atom. The highest BCUT2D eigenvalue weighted by molar-refractivity contribution is 9.10. The number of ether oxygens (including phenoxy) is 2. The fourth-order valence-corrected chi connectivity index (χ4v) is 3.34. The molecule has 0 radical (unpaired) electrons. The Bertz CT molecular complexity index is 527. The summed E-state index contributed by atoms with van der Waals surface area (Å²) in [5, 5.41) is 0. The number of carbonyl (C=O) groups excluding carboxylic acids is 1. The van der Waals surface area contributed by atoms with Crippen LogP contribution in [0, 0.1) is 12.8 Å². The molecule has 0 aromatic heterocycles. The molecule has 2 rings (SSSR count). The molecule has 1 aromatic carbocycles. The molecule has 0 bridgehead atoms. The minimum atomic E-state index is -0.103. The molecule has 24 heavy (non-hydrogen) atoms. The van der Waals surface area contributed by atoms with Gasteiger partial charge in [0.1, 0.15) is 5.75 Å². The number of hydrogen-bond acceptors (Lipinski definition) is 4. The molecule has 0 spiro atoms. The highest BCUT2D eigenvalue weighted by Gasteiger charge is 2.20. The number of halogens is 1. The van der Waals surface area contributed by atoms with E-state index in [0.717, 1.165) is 55.1 Å². The summed E-state index contributed by atoms with van der Waals surface area (Å²) in [6.07, 6.45) is 4.61. The minimum Gasteiger partial charge on any atom is -0.494 e. The molecule has 134 valence electrons. The first-order valence-corrected chi connectivity index (χ1v) is 9.64. The SMILES string of the molecule is CCOC(=O)CN1CCC(CCCOc2ccc(Br)c(C)c2)CC1. The van der Waals surface area contributed by atoms with Crippen molar-refractivity contribution >= 4 is 21.9 Å². The number of aryl methyl sites for hydroxylation is 1. The molecule has 1 aromatic rings. The zero-order chi connectivity index (χ0) is 17.4. The van der Waals surface area contributed by atoms with Crippen molar-refractivity contribution in [2.45, 2.75) is 39.5 Å². The van der Waals surface area contributed by atoms with Crippen LogP contribution in [0.3, 0.4) is 0 Å². The van der Waals surface area contributed by atoms with Crippen molar-refractivity contribution in [2.75, 3.05) is 32.8 Å². The van der Waals surface area contributed by atoms with E-state index < -0.39 is 0 Å². The van der Waals surface area contributed by atoms with Crippen molar-refractivity contribution in [1.29, 1.82) is 0 Å². The van der Waals surface area contributed by atoms with Gasteiger partial charge in [0.2, 0.25) is 0 Å². The number of carbonyl (C=O) groups is 1. The van der Waals surface area contributed by atoms with Gasteiger partial charge in [0, 0.05) is 4.47 Å². The van der Waals surface area contributed by atoms with Crippen LogP contribution in [0.2, 0.25) is 0 Å². The fraction of sp³-hybridized carbons (Fsp3) is 0.632. The van der Waals surface area contributed by atoms with Gasteiger partial charge in [-0.1, -0.05) is 15.9 Å². The average molecular weight is 398 g/mol. The van der Waals surface area contributed by atoms with Gasteiger partial charge in [-0.3, -0.25) is 9.69 Å².